The quantitative estimate of drug-likeness (QED) is 0.684. The van der Waals surface area contributed by atoms with E-state index in [-0.39, 0.29) is 0 Å². The first-order chi connectivity index (χ1) is 9.02. The molecule has 0 heterocycles. The highest BCUT2D eigenvalue weighted by Gasteiger charge is 2.22. The largest absolute Gasteiger partial charge is 0.243 e. The van der Waals surface area contributed by atoms with Crippen LogP contribution >= 0.6 is 0 Å². The Morgan fingerprint density at radius 2 is 1.63 bits per heavy atom. The number of hydrogen-bond acceptors (Lipinski definition) is 2. The molecule has 1 rings (SSSR count). The number of benzene rings is 1. The summed E-state index contributed by atoms with van der Waals surface area (Å²) in [4.78, 5) is 0.399. The molecule has 0 unspecified atom stereocenters. The summed E-state index contributed by atoms with van der Waals surface area (Å²) < 4.78 is 26.5. The third kappa shape index (κ3) is 4.62. The number of aryl methyl sites for hydroxylation is 1. The van der Waals surface area contributed by atoms with Gasteiger partial charge in [0.25, 0.3) is 0 Å². The molecule has 0 N–H and O–H groups in total. The highest BCUT2D eigenvalue weighted by Crippen LogP contribution is 2.17. The van der Waals surface area contributed by atoms with Crippen molar-refractivity contribution < 1.29 is 8.42 Å². The minimum absolute atomic E-state index is 0.399. The molecule has 0 aliphatic carbocycles. The summed E-state index contributed by atoms with van der Waals surface area (Å²) in [5.74, 6) is 0. The standard InChI is InChI=1S/C15H25NO2S/c1-4-6-7-8-13-16(5-2)19(17,18)15-11-9-14(3)10-12-15/h9-12H,4-8,13H2,1-3H3. The van der Waals surface area contributed by atoms with Crippen molar-refractivity contribution >= 4 is 10.0 Å². The summed E-state index contributed by atoms with van der Waals surface area (Å²) >= 11 is 0. The Hall–Kier alpha value is -0.870. The van der Waals surface area contributed by atoms with Gasteiger partial charge in [0.05, 0.1) is 4.90 Å². The number of rotatable bonds is 8. The van der Waals surface area contributed by atoms with Gasteiger partial charge in [-0.2, -0.15) is 4.31 Å². The maximum absolute atomic E-state index is 12.5. The molecule has 0 amide bonds. The van der Waals surface area contributed by atoms with Gasteiger partial charge in [0.1, 0.15) is 0 Å². The van der Waals surface area contributed by atoms with E-state index in [1.807, 2.05) is 26.0 Å². The lowest BCUT2D eigenvalue weighted by atomic mass is 10.2. The average molecular weight is 283 g/mol. The summed E-state index contributed by atoms with van der Waals surface area (Å²) in [5, 5.41) is 0. The molecule has 1 aromatic rings. The maximum atomic E-state index is 12.5. The highest BCUT2D eigenvalue weighted by atomic mass is 32.2. The molecule has 0 atom stereocenters. The third-order valence-corrected chi connectivity index (χ3v) is 5.26. The van der Waals surface area contributed by atoms with Crippen LogP contribution in [0, 0.1) is 6.92 Å². The molecule has 1 aromatic carbocycles. The van der Waals surface area contributed by atoms with Crippen LogP contribution in [0.4, 0.5) is 0 Å². The van der Waals surface area contributed by atoms with E-state index in [4.69, 9.17) is 0 Å². The first kappa shape index (κ1) is 16.2. The third-order valence-electron chi connectivity index (χ3n) is 3.27. The second-order valence-corrected chi connectivity index (χ2v) is 6.81. The van der Waals surface area contributed by atoms with Crippen LogP contribution in [0.25, 0.3) is 0 Å². The molecule has 0 bridgehead atoms. The number of sulfonamides is 1. The monoisotopic (exact) mass is 283 g/mol. The SMILES string of the molecule is CCCCCCN(CC)S(=O)(=O)c1ccc(C)cc1. The van der Waals surface area contributed by atoms with E-state index in [1.54, 1.807) is 16.4 Å². The van der Waals surface area contributed by atoms with Gasteiger partial charge in [0, 0.05) is 13.1 Å². The van der Waals surface area contributed by atoms with Crippen LogP contribution in [0.5, 0.6) is 0 Å². The van der Waals surface area contributed by atoms with Crippen molar-refractivity contribution in [3.63, 3.8) is 0 Å². The van der Waals surface area contributed by atoms with Crippen molar-refractivity contribution in [1.29, 1.82) is 0 Å². The Bertz CT molecular complexity index is 465. The van der Waals surface area contributed by atoms with Crippen LogP contribution in [-0.4, -0.2) is 25.8 Å². The predicted molar refractivity (Wildman–Crippen MR) is 79.8 cm³/mol. The Labute approximate surface area is 117 Å². The van der Waals surface area contributed by atoms with Crippen LogP contribution < -0.4 is 0 Å². The first-order valence-electron chi connectivity index (χ1n) is 7.09. The molecule has 0 aromatic heterocycles. The van der Waals surface area contributed by atoms with Crippen molar-refractivity contribution in [2.75, 3.05) is 13.1 Å². The maximum Gasteiger partial charge on any atom is 0.243 e. The van der Waals surface area contributed by atoms with Crippen LogP contribution in [0.3, 0.4) is 0 Å². The van der Waals surface area contributed by atoms with E-state index in [2.05, 4.69) is 6.92 Å². The zero-order valence-corrected chi connectivity index (χ0v) is 13.0. The summed E-state index contributed by atoms with van der Waals surface area (Å²) in [5.41, 5.74) is 1.07. The van der Waals surface area contributed by atoms with E-state index in [1.165, 1.54) is 6.42 Å². The lowest BCUT2D eigenvalue weighted by Gasteiger charge is -2.20. The van der Waals surface area contributed by atoms with E-state index in [0.29, 0.717) is 18.0 Å². The van der Waals surface area contributed by atoms with E-state index in [0.717, 1.165) is 24.8 Å². The Kier molecular flexibility index (Phi) is 6.52. The normalized spacial score (nSPS) is 12.0. The molecule has 0 spiro atoms. The molecule has 0 aliphatic rings. The molecular formula is C15H25NO2S. The second-order valence-electron chi connectivity index (χ2n) is 4.87. The smallest absolute Gasteiger partial charge is 0.207 e. The van der Waals surface area contributed by atoms with E-state index in [9.17, 15) is 8.42 Å². The van der Waals surface area contributed by atoms with Crippen molar-refractivity contribution in [3.8, 4) is 0 Å². The van der Waals surface area contributed by atoms with Gasteiger partial charge < -0.3 is 0 Å². The summed E-state index contributed by atoms with van der Waals surface area (Å²) in [6, 6.07) is 7.08. The second kappa shape index (κ2) is 7.65. The lowest BCUT2D eigenvalue weighted by molar-refractivity contribution is 0.413. The fraction of sp³-hybridized carbons (Fsp3) is 0.600. The topological polar surface area (TPSA) is 37.4 Å². The molecule has 108 valence electrons. The van der Waals surface area contributed by atoms with Crippen LogP contribution in [0.1, 0.15) is 45.1 Å². The summed E-state index contributed by atoms with van der Waals surface area (Å²) in [6.45, 7) is 7.15. The first-order valence-corrected chi connectivity index (χ1v) is 8.53. The average Bonchev–Trinajstić information content (AvgIpc) is 2.39. The summed E-state index contributed by atoms with van der Waals surface area (Å²) in [7, 11) is -3.32. The van der Waals surface area contributed by atoms with Crippen LogP contribution in [-0.2, 0) is 10.0 Å². The van der Waals surface area contributed by atoms with E-state index >= 15 is 0 Å². The zero-order valence-electron chi connectivity index (χ0n) is 12.2. The van der Waals surface area contributed by atoms with Gasteiger partial charge in [-0.1, -0.05) is 50.8 Å². The van der Waals surface area contributed by atoms with Gasteiger partial charge in [0.15, 0.2) is 0 Å². The minimum atomic E-state index is -3.32. The lowest BCUT2D eigenvalue weighted by Crippen LogP contribution is -2.31. The molecular weight excluding hydrogens is 258 g/mol. The van der Waals surface area contributed by atoms with Gasteiger partial charge in [0.2, 0.25) is 10.0 Å². The Morgan fingerprint density at radius 3 is 2.16 bits per heavy atom. The van der Waals surface area contributed by atoms with Crippen molar-refractivity contribution in [2.45, 2.75) is 51.3 Å². The highest BCUT2D eigenvalue weighted by molar-refractivity contribution is 7.89. The zero-order chi connectivity index (χ0) is 14.3. The van der Waals surface area contributed by atoms with Crippen LogP contribution in [0.2, 0.25) is 0 Å². The van der Waals surface area contributed by atoms with Crippen molar-refractivity contribution in [1.82, 2.24) is 4.31 Å². The van der Waals surface area contributed by atoms with Gasteiger partial charge >= 0.3 is 0 Å². The molecule has 0 saturated carbocycles. The van der Waals surface area contributed by atoms with Gasteiger partial charge in [-0.25, -0.2) is 8.42 Å². The molecule has 0 radical (unpaired) electrons. The van der Waals surface area contributed by atoms with Gasteiger partial charge in [-0.05, 0) is 25.5 Å². The molecule has 3 nitrogen and oxygen atoms in total. The van der Waals surface area contributed by atoms with E-state index < -0.39 is 10.0 Å². The van der Waals surface area contributed by atoms with Crippen molar-refractivity contribution in [2.24, 2.45) is 0 Å². The Morgan fingerprint density at radius 1 is 1.00 bits per heavy atom. The van der Waals surface area contributed by atoms with Gasteiger partial charge in [-0.15, -0.1) is 0 Å². The number of unbranched alkanes of at least 4 members (excludes halogenated alkanes) is 3. The molecule has 0 saturated heterocycles. The fourth-order valence-corrected chi connectivity index (χ4v) is 3.51. The Balaban J connectivity index is 2.75. The predicted octanol–water partition coefficient (Wildman–Crippen LogP) is 3.59. The van der Waals surface area contributed by atoms with Crippen molar-refractivity contribution in [3.05, 3.63) is 29.8 Å². The summed E-state index contributed by atoms with van der Waals surface area (Å²) in [6.07, 6.45) is 4.36. The molecule has 0 fully saturated rings. The minimum Gasteiger partial charge on any atom is -0.207 e. The fourth-order valence-electron chi connectivity index (χ4n) is 2.02. The number of nitrogens with zero attached hydrogens (tertiary/aromatic N) is 1. The molecule has 0 aliphatic heterocycles. The molecule has 19 heavy (non-hydrogen) atoms. The molecule has 4 heteroatoms. The van der Waals surface area contributed by atoms with Crippen LogP contribution in [0.15, 0.2) is 29.2 Å². The van der Waals surface area contributed by atoms with Gasteiger partial charge in [-0.3, -0.25) is 0 Å². The number of hydrogen-bond donors (Lipinski definition) is 0.